The first-order valence-electron chi connectivity index (χ1n) is 17.3. The van der Waals surface area contributed by atoms with E-state index in [9.17, 15) is 24.3 Å². The van der Waals surface area contributed by atoms with Gasteiger partial charge in [0.25, 0.3) is 0 Å². The van der Waals surface area contributed by atoms with Gasteiger partial charge in [-0.25, -0.2) is 4.79 Å². The molecule has 1 aromatic heterocycles. The van der Waals surface area contributed by atoms with Crippen LogP contribution in [0.1, 0.15) is 93.1 Å². The fourth-order valence-electron chi connectivity index (χ4n) is 10.7. The lowest BCUT2D eigenvalue weighted by molar-refractivity contribution is -0.272. The Morgan fingerprint density at radius 3 is 2.38 bits per heavy atom. The number of aliphatic hydroxyl groups excluding tert-OH is 1. The number of rotatable bonds is 7. The van der Waals surface area contributed by atoms with Crippen molar-refractivity contribution < 1.29 is 47.6 Å². The van der Waals surface area contributed by atoms with Crippen LogP contribution in [0.4, 0.5) is 0 Å². The first kappa shape index (κ1) is 34.6. The maximum absolute atomic E-state index is 14.1. The summed E-state index contributed by atoms with van der Waals surface area (Å²) in [5.74, 6) is -3.37. The Morgan fingerprint density at radius 2 is 1.77 bits per heavy atom. The Hall–Kier alpha value is -3.24. The zero-order valence-electron chi connectivity index (χ0n) is 29.5. The smallest absolute Gasteiger partial charge is 0.333 e. The highest BCUT2D eigenvalue weighted by molar-refractivity contribution is 6.01. The van der Waals surface area contributed by atoms with E-state index in [2.05, 4.69) is 0 Å². The van der Waals surface area contributed by atoms with Crippen molar-refractivity contribution in [3.8, 4) is 0 Å². The van der Waals surface area contributed by atoms with Gasteiger partial charge in [0.15, 0.2) is 5.78 Å². The Kier molecular flexibility index (Phi) is 8.42. The lowest BCUT2D eigenvalue weighted by Crippen LogP contribution is -2.74. The molecular weight excluding hydrogens is 616 g/mol. The molecule has 3 saturated carbocycles. The second-order valence-electron chi connectivity index (χ2n) is 15.8. The molecule has 262 valence electrons. The Morgan fingerprint density at radius 1 is 1.06 bits per heavy atom. The molecule has 0 bridgehead atoms. The molecule has 1 saturated heterocycles. The van der Waals surface area contributed by atoms with Crippen LogP contribution in [0.2, 0.25) is 0 Å². The van der Waals surface area contributed by atoms with Crippen LogP contribution in [0, 0.1) is 39.4 Å². The maximum atomic E-state index is 14.1. The second kappa shape index (κ2) is 11.7. The molecule has 5 aliphatic rings. The molecule has 1 aromatic rings. The van der Waals surface area contributed by atoms with Gasteiger partial charge in [0.2, 0.25) is 0 Å². The molecule has 4 aliphatic carbocycles. The number of allylic oxidation sites excluding steroid dienone is 2. The molecule has 10 heteroatoms. The van der Waals surface area contributed by atoms with E-state index < -0.39 is 81.9 Å². The van der Waals surface area contributed by atoms with Crippen molar-refractivity contribution in [1.82, 2.24) is 0 Å². The van der Waals surface area contributed by atoms with Gasteiger partial charge in [0.05, 0.1) is 43.2 Å². The molecule has 0 aromatic carbocycles. The first-order chi connectivity index (χ1) is 22.5. The maximum Gasteiger partial charge on any atom is 0.333 e. The highest BCUT2D eigenvalue weighted by atomic mass is 16.6. The molecule has 10 nitrogen and oxygen atoms in total. The van der Waals surface area contributed by atoms with E-state index in [1.165, 1.54) is 13.2 Å². The molecule has 1 N–H and O–H groups in total. The summed E-state index contributed by atoms with van der Waals surface area (Å²) >= 11 is 0. The molecular formula is C38H50O10. The number of esters is 3. The average Bonchev–Trinajstić information content (AvgIpc) is 3.75. The van der Waals surface area contributed by atoms with Crippen LogP contribution < -0.4 is 0 Å². The normalized spacial score (nSPS) is 43.8. The number of carbonyl (C=O) groups is 4. The van der Waals surface area contributed by atoms with Gasteiger partial charge >= 0.3 is 17.9 Å². The van der Waals surface area contributed by atoms with E-state index in [0.29, 0.717) is 24.0 Å². The van der Waals surface area contributed by atoms with E-state index in [1.807, 2.05) is 41.5 Å². The first-order valence-corrected chi connectivity index (χ1v) is 17.3. The van der Waals surface area contributed by atoms with Gasteiger partial charge in [-0.05, 0) is 50.3 Å². The van der Waals surface area contributed by atoms with Crippen molar-refractivity contribution in [3.05, 3.63) is 47.5 Å². The van der Waals surface area contributed by atoms with Crippen LogP contribution in [0.25, 0.3) is 0 Å². The minimum atomic E-state index is -1.01. The number of hydrogen-bond donors (Lipinski definition) is 1. The second-order valence-corrected chi connectivity index (χ2v) is 15.8. The van der Waals surface area contributed by atoms with Gasteiger partial charge < -0.3 is 28.5 Å². The molecule has 4 fully saturated rings. The molecule has 1 aliphatic heterocycles. The minimum absolute atomic E-state index is 0.153. The van der Waals surface area contributed by atoms with E-state index in [-0.39, 0.29) is 30.7 Å². The number of ketones is 1. The summed E-state index contributed by atoms with van der Waals surface area (Å²) in [6, 6.07) is 1.76. The van der Waals surface area contributed by atoms with Gasteiger partial charge in [-0.2, -0.15) is 0 Å². The summed E-state index contributed by atoms with van der Waals surface area (Å²) in [7, 11) is 0. The molecule has 6 rings (SSSR count). The van der Waals surface area contributed by atoms with Gasteiger partial charge in [0, 0.05) is 52.1 Å². The fraction of sp³-hybridized carbons (Fsp3) is 0.684. The number of ether oxygens (including phenoxy) is 4. The Labute approximate surface area is 282 Å². The van der Waals surface area contributed by atoms with Crippen molar-refractivity contribution in [2.24, 2.45) is 39.4 Å². The minimum Gasteiger partial charge on any atom is -0.472 e. The molecule has 48 heavy (non-hydrogen) atoms. The quantitative estimate of drug-likeness (QED) is 0.226. The van der Waals surface area contributed by atoms with E-state index in [1.54, 1.807) is 38.3 Å². The van der Waals surface area contributed by atoms with Crippen LogP contribution in [-0.2, 0) is 38.1 Å². The fourth-order valence-corrected chi connectivity index (χ4v) is 10.7. The van der Waals surface area contributed by atoms with Gasteiger partial charge in [0.1, 0.15) is 18.3 Å². The van der Waals surface area contributed by atoms with Gasteiger partial charge in [-0.1, -0.05) is 47.6 Å². The number of fused-ring (bicyclic) bond motifs is 4. The van der Waals surface area contributed by atoms with Crippen molar-refractivity contribution >= 4 is 23.7 Å². The van der Waals surface area contributed by atoms with Crippen molar-refractivity contribution in [2.75, 3.05) is 6.61 Å². The summed E-state index contributed by atoms with van der Waals surface area (Å²) in [6.07, 6.45) is 3.61. The van der Waals surface area contributed by atoms with Crippen LogP contribution in [0.3, 0.4) is 0 Å². The molecule has 2 heterocycles. The van der Waals surface area contributed by atoms with Crippen molar-refractivity contribution in [3.63, 3.8) is 0 Å². The lowest BCUT2D eigenvalue weighted by atomic mass is 9.36. The predicted octanol–water partition coefficient (Wildman–Crippen LogP) is 5.48. The SMILES string of the molecule is CC=C(C)C(=O)O[C@@H]1C[C@H](O)[C@@]2(C)[C@H]3[C@@H](OC[C@]13C)[C@@H](OC(=O)[C@H](C)CC)[C@@]1(C)C3=CC(=O)[C@@H](c4ccoc4)[C@]3(C)[C@H](OC(C)=O)C[C@@H]12. The lowest BCUT2D eigenvalue weighted by Gasteiger charge is -2.69. The summed E-state index contributed by atoms with van der Waals surface area (Å²) in [5, 5.41) is 12.3. The van der Waals surface area contributed by atoms with E-state index in [4.69, 9.17) is 23.4 Å². The summed E-state index contributed by atoms with van der Waals surface area (Å²) in [6.45, 7) is 16.9. The molecule has 0 unspecified atom stereocenters. The van der Waals surface area contributed by atoms with Gasteiger partial charge in [-0.3, -0.25) is 14.4 Å². The molecule has 0 radical (unpaired) electrons. The van der Waals surface area contributed by atoms with Gasteiger partial charge in [-0.15, -0.1) is 0 Å². The summed E-state index contributed by atoms with van der Waals surface area (Å²) < 4.78 is 31.0. The van der Waals surface area contributed by atoms with E-state index >= 15 is 0 Å². The van der Waals surface area contributed by atoms with Crippen LogP contribution in [-0.4, -0.2) is 65.9 Å². The standard InChI is InChI=1S/C38H50O10/c1-10-19(3)33(42)47-27-16-26(41)37(8)25-15-28(46-21(5)39)38(9)24(14-23(40)29(38)22-12-13-44-17-22)36(25,7)32(48-34(43)20(4)11-2)30-31(37)35(27,6)18-45-30/h10,12-14,17,20,25-32,41H,11,15-16,18H2,1-9H3/t20-,25+,26+,27-,28-,29-,30-,31+,32-,35-,36+,37+,38+/m1/s1. The molecule has 0 spiro atoms. The topological polar surface area (TPSA) is 139 Å². The number of hydrogen-bond acceptors (Lipinski definition) is 10. The largest absolute Gasteiger partial charge is 0.472 e. The predicted molar refractivity (Wildman–Crippen MR) is 173 cm³/mol. The highest BCUT2D eigenvalue weighted by Gasteiger charge is 2.79. The van der Waals surface area contributed by atoms with Crippen molar-refractivity contribution in [1.29, 1.82) is 0 Å². The van der Waals surface area contributed by atoms with E-state index in [0.717, 1.165) is 5.57 Å². The van der Waals surface area contributed by atoms with Crippen LogP contribution in [0.15, 0.2) is 46.3 Å². The third-order valence-corrected chi connectivity index (χ3v) is 13.4. The molecule has 0 amide bonds. The number of carbonyl (C=O) groups excluding carboxylic acids is 4. The monoisotopic (exact) mass is 666 g/mol. The highest BCUT2D eigenvalue weighted by Crippen LogP contribution is 2.75. The Balaban J connectivity index is 1.56. The summed E-state index contributed by atoms with van der Waals surface area (Å²) in [4.78, 5) is 53.7. The average molecular weight is 667 g/mol. The third-order valence-electron chi connectivity index (χ3n) is 13.4. The zero-order chi connectivity index (χ0) is 35.1. The number of furan rings is 1. The third kappa shape index (κ3) is 4.57. The van der Waals surface area contributed by atoms with Crippen LogP contribution in [0.5, 0.6) is 0 Å². The number of aliphatic hydroxyl groups is 1. The molecule has 13 atom stereocenters. The Bertz CT molecular complexity index is 1560. The van der Waals surface area contributed by atoms with Crippen LogP contribution >= 0.6 is 0 Å². The zero-order valence-corrected chi connectivity index (χ0v) is 29.5. The van der Waals surface area contributed by atoms with Crippen molar-refractivity contribution in [2.45, 2.75) is 118 Å². The summed E-state index contributed by atoms with van der Waals surface area (Å²) in [5.41, 5.74) is -1.76.